The van der Waals surface area contributed by atoms with Crippen LogP contribution in [0.4, 0.5) is 19.1 Å². The number of alkyl halides is 3. The van der Waals surface area contributed by atoms with Crippen LogP contribution < -0.4 is 11.1 Å². The van der Waals surface area contributed by atoms with Gasteiger partial charge in [-0.15, -0.1) is 0 Å². The Hall–Kier alpha value is -1.37. The van der Waals surface area contributed by atoms with Crippen LogP contribution in [0.5, 0.6) is 0 Å². The van der Waals surface area contributed by atoms with Gasteiger partial charge >= 0.3 is 6.18 Å². The number of hydrogen-bond acceptors (Lipinski definition) is 4. The Morgan fingerprint density at radius 1 is 1.28 bits per heavy atom. The summed E-state index contributed by atoms with van der Waals surface area (Å²) in [6.07, 6.45) is 0.436. The number of rotatable bonds is 2. The normalized spacial score (nSPS) is 24.9. The summed E-state index contributed by atoms with van der Waals surface area (Å²) < 4.78 is 37.4. The highest BCUT2D eigenvalue weighted by Gasteiger charge is 2.33. The SMILES string of the molecule is N[C@@H]1CCCC[C@H]1Nc1nccc(C(F)(F)F)n1. The van der Waals surface area contributed by atoms with E-state index in [0.29, 0.717) is 0 Å². The first kappa shape index (κ1) is 13.1. The molecule has 1 aliphatic carbocycles. The number of nitrogens with zero attached hydrogens (tertiary/aromatic N) is 2. The molecule has 1 aliphatic rings. The van der Waals surface area contributed by atoms with Gasteiger partial charge in [0.2, 0.25) is 5.95 Å². The van der Waals surface area contributed by atoms with E-state index in [9.17, 15) is 13.2 Å². The summed E-state index contributed by atoms with van der Waals surface area (Å²) in [5, 5.41) is 2.90. The second kappa shape index (κ2) is 5.09. The van der Waals surface area contributed by atoms with Crippen molar-refractivity contribution in [1.29, 1.82) is 0 Å². The van der Waals surface area contributed by atoms with E-state index in [1.54, 1.807) is 0 Å². The quantitative estimate of drug-likeness (QED) is 0.855. The van der Waals surface area contributed by atoms with Crippen molar-refractivity contribution in [2.45, 2.75) is 43.9 Å². The van der Waals surface area contributed by atoms with Gasteiger partial charge in [-0.3, -0.25) is 0 Å². The Morgan fingerprint density at radius 3 is 2.67 bits per heavy atom. The van der Waals surface area contributed by atoms with Gasteiger partial charge in [0.25, 0.3) is 0 Å². The van der Waals surface area contributed by atoms with Gasteiger partial charge in [0, 0.05) is 18.3 Å². The van der Waals surface area contributed by atoms with Gasteiger partial charge in [-0.2, -0.15) is 13.2 Å². The zero-order valence-electron chi connectivity index (χ0n) is 9.74. The minimum Gasteiger partial charge on any atom is -0.350 e. The van der Waals surface area contributed by atoms with E-state index in [-0.39, 0.29) is 18.0 Å². The summed E-state index contributed by atoms with van der Waals surface area (Å²) >= 11 is 0. The van der Waals surface area contributed by atoms with Crippen LogP contribution in [0.2, 0.25) is 0 Å². The number of aromatic nitrogens is 2. The van der Waals surface area contributed by atoms with Crippen molar-refractivity contribution in [2.24, 2.45) is 5.73 Å². The van der Waals surface area contributed by atoms with Crippen molar-refractivity contribution in [3.05, 3.63) is 18.0 Å². The van der Waals surface area contributed by atoms with Gasteiger partial charge in [0.15, 0.2) is 0 Å². The van der Waals surface area contributed by atoms with E-state index >= 15 is 0 Å². The van der Waals surface area contributed by atoms with E-state index in [4.69, 9.17) is 5.73 Å². The average molecular weight is 260 g/mol. The fraction of sp³-hybridized carbons (Fsp3) is 0.636. The van der Waals surface area contributed by atoms with Gasteiger partial charge in [0.1, 0.15) is 5.69 Å². The van der Waals surface area contributed by atoms with Crippen LogP contribution in [-0.4, -0.2) is 22.1 Å². The lowest BCUT2D eigenvalue weighted by Gasteiger charge is -2.29. The molecule has 0 radical (unpaired) electrons. The largest absolute Gasteiger partial charge is 0.433 e. The molecular formula is C11H15F3N4. The zero-order valence-corrected chi connectivity index (χ0v) is 9.74. The van der Waals surface area contributed by atoms with Crippen molar-refractivity contribution >= 4 is 5.95 Å². The lowest BCUT2D eigenvalue weighted by molar-refractivity contribution is -0.141. The fourth-order valence-corrected chi connectivity index (χ4v) is 2.09. The molecule has 2 rings (SSSR count). The first-order chi connectivity index (χ1) is 8.47. The average Bonchev–Trinajstić information content (AvgIpc) is 2.31. The van der Waals surface area contributed by atoms with Crippen LogP contribution in [0.1, 0.15) is 31.4 Å². The molecule has 4 nitrogen and oxygen atoms in total. The van der Waals surface area contributed by atoms with Gasteiger partial charge in [0.05, 0.1) is 0 Å². The number of halogens is 3. The molecule has 0 saturated heterocycles. The smallest absolute Gasteiger partial charge is 0.350 e. The van der Waals surface area contributed by atoms with Crippen molar-refractivity contribution in [3.8, 4) is 0 Å². The van der Waals surface area contributed by atoms with Gasteiger partial charge in [-0.1, -0.05) is 12.8 Å². The molecule has 1 aromatic heterocycles. The predicted molar refractivity (Wildman–Crippen MR) is 60.9 cm³/mol. The van der Waals surface area contributed by atoms with Crippen LogP contribution in [0.3, 0.4) is 0 Å². The standard InChI is InChI=1S/C11H15F3N4/c12-11(13,14)9-5-6-16-10(18-9)17-8-4-2-1-3-7(8)15/h5-8H,1-4,15H2,(H,16,17,18)/t7-,8-/m1/s1. The molecule has 1 heterocycles. The molecule has 0 spiro atoms. The predicted octanol–water partition coefficient (Wildman–Crippen LogP) is 2.18. The molecular weight excluding hydrogens is 245 g/mol. The summed E-state index contributed by atoms with van der Waals surface area (Å²) in [7, 11) is 0. The van der Waals surface area contributed by atoms with Crippen molar-refractivity contribution in [1.82, 2.24) is 9.97 Å². The summed E-state index contributed by atoms with van der Waals surface area (Å²) in [5.41, 5.74) is 4.97. The molecule has 2 atom stereocenters. The van der Waals surface area contributed by atoms with E-state index in [1.165, 1.54) is 0 Å². The third-order valence-electron chi connectivity index (χ3n) is 3.08. The van der Waals surface area contributed by atoms with E-state index in [0.717, 1.165) is 37.9 Å². The molecule has 1 aromatic rings. The highest BCUT2D eigenvalue weighted by Crippen LogP contribution is 2.28. The van der Waals surface area contributed by atoms with E-state index < -0.39 is 11.9 Å². The lowest BCUT2D eigenvalue weighted by Crippen LogP contribution is -2.43. The van der Waals surface area contributed by atoms with Crippen molar-refractivity contribution in [2.75, 3.05) is 5.32 Å². The Balaban J connectivity index is 2.09. The van der Waals surface area contributed by atoms with Crippen LogP contribution >= 0.6 is 0 Å². The van der Waals surface area contributed by atoms with E-state index in [2.05, 4.69) is 15.3 Å². The van der Waals surface area contributed by atoms with Crippen LogP contribution in [0.15, 0.2) is 12.3 Å². The highest BCUT2D eigenvalue weighted by molar-refractivity contribution is 5.28. The summed E-state index contributed by atoms with van der Waals surface area (Å²) in [6.45, 7) is 0. The van der Waals surface area contributed by atoms with Crippen molar-refractivity contribution in [3.63, 3.8) is 0 Å². The third-order valence-corrected chi connectivity index (χ3v) is 3.08. The molecule has 3 N–H and O–H groups in total. The summed E-state index contributed by atoms with van der Waals surface area (Å²) in [4.78, 5) is 7.27. The third kappa shape index (κ3) is 3.10. The topological polar surface area (TPSA) is 63.8 Å². The molecule has 0 unspecified atom stereocenters. The Bertz CT molecular complexity index is 408. The van der Waals surface area contributed by atoms with Crippen LogP contribution in [0.25, 0.3) is 0 Å². The second-order valence-corrected chi connectivity index (χ2v) is 4.46. The molecule has 100 valence electrons. The Morgan fingerprint density at radius 2 is 2.00 bits per heavy atom. The fourth-order valence-electron chi connectivity index (χ4n) is 2.09. The molecule has 0 aromatic carbocycles. The number of nitrogens with one attached hydrogen (secondary N) is 1. The number of nitrogens with two attached hydrogens (primary N) is 1. The Labute approximate surface area is 103 Å². The molecule has 1 saturated carbocycles. The Kier molecular flexibility index (Phi) is 3.70. The van der Waals surface area contributed by atoms with Crippen LogP contribution in [-0.2, 0) is 6.18 Å². The maximum atomic E-state index is 12.5. The van der Waals surface area contributed by atoms with Gasteiger partial charge in [-0.05, 0) is 18.9 Å². The summed E-state index contributed by atoms with van der Waals surface area (Å²) in [6, 6.07) is 0.741. The molecule has 0 bridgehead atoms. The molecule has 7 heteroatoms. The first-order valence-electron chi connectivity index (χ1n) is 5.89. The molecule has 18 heavy (non-hydrogen) atoms. The monoisotopic (exact) mass is 260 g/mol. The van der Waals surface area contributed by atoms with Crippen molar-refractivity contribution < 1.29 is 13.2 Å². The molecule has 0 aliphatic heterocycles. The van der Waals surface area contributed by atoms with Gasteiger partial charge in [-0.25, -0.2) is 9.97 Å². The minimum absolute atomic E-state index is 0.00725. The minimum atomic E-state index is -4.45. The number of hydrogen-bond donors (Lipinski definition) is 2. The van der Waals surface area contributed by atoms with Gasteiger partial charge < -0.3 is 11.1 Å². The summed E-state index contributed by atoms with van der Waals surface area (Å²) in [5.74, 6) is -0.00725. The lowest BCUT2D eigenvalue weighted by atomic mass is 9.91. The van der Waals surface area contributed by atoms with Crippen LogP contribution in [0, 0.1) is 0 Å². The van der Waals surface area contributed by atoms with E-state index in [1.807, 2.05) is 0 Å². The number of anilines is 1. The highest BCUT2D eigenvalue weighted by atomic mass is 19.4. The maximum absolute atomic E-state index is 12.5. The molecule has 0 amide bonds. The maximum Gasteiger partial charge on any atom is 0.433 e. The second-order valence-electron chi connectivity index (χ2n) is 4.46. The zero-order chi connectivity index (χ0) is 13.2. The first-order valence-corrected chi connectivity index (χ1v) is 5.89. The molecule has 1 fully saturated rings.